The van der Waals surface area contributed by atoms with E-state index < -0.39 is 0 Å². The number of rotatable bonds is 4. The molecule has 1 atom stereocenters. The molecule has 2 rings (SSSR count). The Morgan fingerprint density at radius 2 is 2.41 bits per heavy atom. The van der Waals surface area contributed by atoms with E-state index in [4.69, 9.17) is 4.42 Å². The van der Waals surface area contributed by atoms with Crippen LogP contribution in [0.3, 0.4) is 0 Å². The van der Waals surface area contributed by atoms with E-state index in [9.17, 15) is 4.79 Å². The van der Waals surface area contributed by atoms with E-state index in [0.29, 0.717) is 5.82 Å². The summed E-state index contributed by atoms with van der Waals surface area (Å²) >= 11 is 1.68. The van der Waals surface area contributed by atoms with Crippen molar-refractivity contribution >= 4 is 11.8 Å². The first-order valence-corrected chi connectivity index (χ1v) is 6.42. The van der Waals surface area contributed by atoms with Gasteiger partial charge in [0.05, 0.1) is 17.3 Å². The van der Waals surface area contributed by atoms with Crippen molar-refractivity contribution in [2.45, 2.75) is 24.9 Å². The van der Waals surface area contributed by atoms with Crippen molar-refractivity contribution in [2.24, 2.45) is 0 Å². The first kappa shape index (κ1) is 12.0. The van der Waals surface area contributed by atoms with Gasteiger partial charge in [0.15, 0.2) is 0 Å². The Balaban J connectivity index is 2.04. The van der Waals surface area contributed by atoms with Crippen molar-refractivity contribution < 1.29 is 4.42 Å². The van der Waals surface area contributed by atoms with Gasteiger partial charge in [0.2, 0.25) is 0 Å². The second-order valence-electron chi connectivity index (χ2n) is 3.80. The molecule has 0 saturated carbocycles. The van der Waals surface area contributed by atoms with Crippen molar-refractivity contribution in [1.29, 1.82) is 0 Å². The lowest BCUT2D eigenvalue weighted by Gasteiger charge is -2.09. The van der Waals surface area contributed by atoms with Crippen LogP contribution in [0, 0.1) is 6.92 Å². The highest BCUT2D eigenvalue weighted by atomic mass is 32.2. The predicted molar refractivity (Wildman–Crippen MR) is 68.0 cm³/mol. The van der Waals surface area contributed by atoms with Gasteiger partial charge in [-0.25, -0.2) is 4.98 Å². The highest BCUT2D eigenvalue weighted by Crippen LogP contribution is 2.28. The molecule has 0 unspecified atom stereocenters. The molecule has 2 aromatic rings. The Hall–Kier alpha value is -1.49. The molecule has 4 nitrogen and oxygen atoms in total. The fourth-order valence-electron chi connectivity index (χ4n) is 1.48. The van der Waals surface area contributed by atoms with E-state index in [-0.39, 0.29) is 10.8 Å². The van der Waals surface area contributed by atoms with Crippen molar-refractivity contribution in [3.63, 3.8) is 0 Å². The zero-order valence-corrected chi connectivity index (χ0v) is 10.6. The lowest BCUT2D eigenvalue weighted by molar-refractivity contribution is 0.530. The number of aromatic nitrogens is 2. The van der Waals surface area contributed by atoms with E-state index in [1.54, 1.807) is 18.0 Å². The minimum atomic E-state index is -0.0991. The molecule has 1 N–H and O–H groups in total. The first-order valence-electron chi connectivity index (χ1n) is 5.37. The average molecular weight is 250 g/mol. The van der Waals surface area contributed by atoms with Gasteiger partial charge in [0.1, 0.15) is 11.6 Å². The van der Waals surface area contributed by atoms with Gasteiger partial charge >= 0.3 is 0 Å². The molecular weight excluding hydrogens is 236 g/mol. The van der Waals surface area contributed by atoms with Crippen LogP contribution in [0.1, 0.15) is 29.5 Å². The lowest BCUT2D eigenvalue weighted by atomic mass is 10.4. The van der Waals surface area contributed by atoms with Crippen LogP contribution in [-0.2, 0) is 5.75 Å². The summed E-state index contributed by atoms with van der Waals surface area (Å²) in [7, 11) is 0. The summed E-state index contributed by atoms with van der Waals surface area (Å²) < 4.78 is 5.25. The number of aryl methyl sites for hydroxylation is 1. The summed E-state index contributed by atoms with van der Waals surface area (Å²) in [6.07, 6.45) is 1.66. The van der Waals surface area contributed by atoms with Gasteiger partial charge in [-0.1, -0.05) is 0 Å². The van der Waals surface area contributed by atoms with Crippen LogP contribution < -0.4 is 5.56 Å². The predicted octanol–water partition coefficient (Wildman–Crippen LogP) is 2.67. The Morgan fingerprint density at radius 3 is 3.06 bits per heavy atom. The minimum Gasteiger partial charge on any atom is -0.468 e. The Morgan fingerprint density at radius 1 is 1.59 bits per heavy atom. The molecule has 0 aromatic carbocycles. The molecule has 17 heavy (non-hydrogen) atoms. The summed E-state index contributed by atoms with van der Waals surface area (Å²) in [6.45, 7) is 3.84. The van der Waals surface area contributed by atoms with Crippen molar-refractivity contribution in [2.75, 3.05) is 0 Å². The monoisotopic (exact) mass is 250 g/mol. The SMILES string of the molecule is Cc1cc(=O)[nH]c([C@@H](C)SCc2ccco2)n1. The molecular formula is C12H14N2O2S. The molecule has 0 aliphatic carbocycles. The highest BCUT2D eigenvalue weighted by molar-refractivity contribution is 7.98. The number of furan rings is 1. The molecule has 0 radical (unpaired) electrons. The van der Waals surface area contributed by atoms with Gasteiger partial charge in [-0.2, -0.15) is 0 Å². The van der Waals surface area contributed by atoms with Gasteiger partial charge in [-0.3, -0.25) is 4.79 Å². The van der Waals surface area contributed by atoms with E-state index in [1.165, 1.54) is 6.07 Å². The maximum absolute atomic E-state index is 11.3. The Labute approximate surface area is 103 Å². The van der Waals surface area contributed by atoms with Crippen molar-refractivity contribution in [1.82, 2.24) is 9.97 Å². The van der Waals surface area contributed by atoms with E-state index >= 15 is 0 Å². The summed E-state index contributed by atoms with van der Waals surface area (Å²) in [5.41, 5.74) is 0.646. The van der Waals surface area contributed by atoms with Crippen LogP contribution in [0.2, 0.25) is 0 Å². The van der Waals surface area contributed by atoms with Gasteiger partial charge in [0, 0.05) is 11.8 Å². The maximum Gasteiger partial charge on any atom is 0.251 e. The standard InChI is InChI=1S/C12H14N2O2S/c1-8-6-11(15)14-12(13-8)9(2)17-7-10-4-3-5-16-10/h3-6,9H,7H2,1-2H3,(H,13,14,15)/t9-/m1/s1. The molecule has 90 valence electrons. The molecule has 5 heteroatoms. The van der Waals surface area contributed by atoms with E-state index in [1.807, 2.05) is 26.0 Å². The third-order valence-corrected chi connectivity index (χ3v) is 3.50. The molecule has 0 saturated heterocycles. The van der Waals surface area contributed by atoms with Crippen LogP contribution in [0.15, 0.2) is 33.7 Å². The summed E-state index contributed by atoms with van der Waals surface area (Å²) in [4.78, 5) is 18.4. The largest absolute Gasteiger partial charge is 0.468 e. The molecule has 0 amide bonds. The number of hydrogen-bond acceptors (Lipinski definition) is 4. The topological polar surface area (TPSA) is 58.9 Å². The van der Waals surface area contributed by atoms with Crippen LogP contribution in [0.25, 0.3) is 0 Å². The number of nitrogens with one attached hydrogen (secondary N) is 1. The quantitative estimate of drug-likeness (QED) is 0.906. The number of H-pyrrole nitrogens is 1. The fraction of sp³-hybridized carbons (Fsp3) is 0.333. The number of nitrogens with zero attached hydrogens (tertiary/aromatic N) is 1. The van der Waals surface area contributed by atoms with Crippen molar-refractivity contribution in [3.8, 4) is 0 Å². The number of hydrogen-bond donors (Lipinski definition) is 1. The third-order valence-electron chi connectivity index (χ3n) is 2.33. The average Bonchev–Trinajstić information content (AvgIpc) is 2.77. The number of thioether (sulfide) groups is 1. The molecule has 0 fully saturated rings. The second kappa shape index (κ2) is 5.23. The zero-order chi connectivity index (χ0) is 12.3. The van der Waals surface area contributed by atoms with Crippen molar-refractivity contribution in [3.05, 3.63) is 52.1 Å². The smallest absolute Gasteiger partial charge is 0.251 e. The molecule has 0 spiro atoms. The molecule has 2 heterocycles. The maximum atomic E-state index is 11.3. The van der Waals surface area contributed by atoms with Crippen LogP contribution in [0.5, 0.6) is 0 Å². The Kier molecular flexibility index (Phi) is 3.68. The van der Waals surface area contributed by atoms with Crippen LogP contribution in [-0.4, -0.2) is 9.97 Å². The Bertz CT molecular complexity index is 534. The first-order chi connectivity index (χ1) is 8.15. The molecule has 0 aliphatic heterocycles. The second-order valence-corrected chi connectivity index (χ2v) is 5.13. The van der Waals surface area contributed by atoms with E-state index in [0.717, 1.165) is 17.2 Å². The summed E-state index contributed by atoms with van der Waals surface area (Å²) in [5.74, 6) is 2.41. The highest BCUT2D eigenvalue weighted by Gasteiger charge is 2.10. The van der Waals surface area contributed by atoms with E-state index in [2.05, 4.69) is 9.97 Å². The lowest BCUT2D eigenvalue weighted by Crippen LogP contribution is -2.12. The molecule has 0 aliphatic rings. The van der Waals surface area contributed by atoms with Gasteiger partial charge in [-0.05, 0) is 26.0 Å². The molecule has 0 bridgehead atoms. The summed E-state index contributed by atoms with van der Waals surface area (Å²) in [5, 5.41) is 0.132. The fourth-order valence-corrected chi connectivity index (χ4v) is 2.32. The summed E-state index contributed by atoms with van der Waals surface area (Å²) in [6, 6.07) is 5.30. The van der Waals surface area contributed by atoms with Crippen LogP contribution >= 0.6 is 11.8 Å². The van der Waals surface area contributed by atoms with Gasteiger partial charge in [0.25, 0.3) is 5.56 Å². The van der Waals surface area contributed by atoms with Gasteiger partial charge in [-0.15, -0.1) is 11.8 Å². The normalized spacial score (nSPS) is 12.6. The van der Waals surface area contributed by atoms with Crippen LogP contribution in [0.4, 0.5) is 0 Å². The third kappa shape index (κ3) is 3.23. The van der Waals surface area contributed by atoms with Gasteiger partial charge < -0.3 is 9.40 Å². The number of aromatic amines is 1. The zero-order valence-electron chi connectivity index (χ0n) is 9.77. The minimum absolute atomic E-state index is 0.0991. The molecule has 2 aromatic heterocycles.